The summed E-state index contributed by atoms with van der Waals surface area (Å²) in [5.41, 5.74) is 2.10. The number of amides is 1. The SMILES string of the molecule is O=C(NCCS)c1ccc(/N=N\c2ccccc2)cc1. The van der Waals surface area contributed by atoms with E-state index >= 15 is 0 Å². The topological polar surface area (TPSA) is 53.8 Å². The molecule has 5 heteroatoms. The van der Waals surface area contributed by atoms with Gasteiger partial charge in [0.1, 0.15) is 0 Å². The summed E-state index contributed by atoms with van der Waals surface area (Å²) in [6.07, 6.45) is 0. The summed E-state index contributed by atoms with van der Waals surface area (Å²) in [6.45, 7) is 0.553. The van der Waals surface area contributed by atoms with Crippen LogP contribution in [0.15, 0.2) is 64.8 Å². The second-order valence-corrected chi connectivity index (χ2v) is 4.51. The molecule has 0 unspecified atom stereocenters. The molecule has 1 amide bonds. The van der Waals surface area contributed by atoms with Crippen molar-refractivity contribution >= 4 is 29.9 Å². The van der Waals surface area contributed by atoms with Crippen LogP contribution < -0.4 is 5.32 Å². The Hall–Kier alpha value is -2.14. The Morgan fingerprint density at radius 2 is 1.55 bits per heavy atom. The van der Waals surface area contributed by atoms with Crippen molar-refractivity contribution < 1.29 is 4.79 Å². The minimum absolute atomic E-state index is 0.106. The van der Waals surface area contributed by atoms with Crippen molar-refractivity contribution in [3.05, 3.63) is 60.2 Å². The third kappa shape index (κ3) is 4.20. The van der Waals surface area contributed by atoms with Crippen LogP contribution in [0.2, 0.25) is 0 Å². The maximum atomic E-state index is 11.7. The van der Waals surface area contributed by atoms with E-state index in [1.807, 2.05) is 30.3 Å². The fraction of sp³-hybridized carbons (Fsp3) is 0.133. The minimum atomic E-state index is -0.106. The van der Waals surface area contributed by atoms with E-state index in [4.69, 9.17) is 0 Å². The zero-order valence-electron chi connectivity index (χ0n) is 10.9. The van der Waals surface area contributed by atoms with Crippen LogP contribution in [0.1, 0.15) is 10.4 Å². The molecule has 102 valence electrons. The normalized spacial score (nSPS) is 10.7. The van der Waals surface area contributed by atoms with E-state index in [9.17, 15) is 4.79 Å². The van der Waals surface area contributed by atoms with Gasteiger partial charge in [-0.15, -0.1) is 0 Å². The van der Waals surface area contributed by atoms with E-state index < -0.39 is 0 Å². The second kappa shape index (κ2) is 7.45. The molecule has 4 nitrogen and oxygen atoms in total. The van der Waals surface area contributed by atoms with Crippen molar-refractivity contribution in [3.63, 3.8) is 0 Å². The van der Waals surface area contributed by atoms with Crippen molar-refractivity contribution in [2.24, 2.45) is 10.2 Å². The molecule has 0 saturated heterocycles. The molecule has 0 spiro atoms. The van der Waals surface area contributed by atoms with Gasteiger partial charge in [-0.2, -0.15) is 22.9 Å². The summed E-state index contributed by atoms with van der Waals surface area (Å²) in [4.78, 5) is 11.7. The van der Waals surface area contributed by atoms with Gasteiger partial charge >= 0.3 is 0 Å². The van der Waals surface area contributed by atoms with Crippen LogP contribution in [0.25, 0.3) is 0 Å². The molecule has 0 aromatic heterocycles. The monoisotopic (exact) mass is 285 g/mol. The summed E-state index contributed by atoms with van der Waals surface area (Å²) in [6, 6.07) is 16.5. The Kier molecular flexibility index (Phi) is 5.32. The van der Waals surface area contributed by atoms with Gasteiger partial charge in [-0.1, -0.05) is 18.2 Å². The molecule has 0 radical (unpaired) electrons. The summed E-state index contributed by atoms with van der Waals surface area (Å²) >= 11 is 4.04. The van der Waals surface area contributed by atoms with Gasteiger partial charge in [0.2, 0.25) is 0 Å². The third-order valence-electron chi connectivity index (χ3n) is 2.56. The average molecular weight is 285 g/mol. The van der Waals surface area contributed by atoms with Crippen LogP contribution in [-0.4, -0.2) is 18.2 Å². The molecule has 2 aromatic carbocycles. The van der Waals surface area contributed by atoms with Crippen molar-refractivity contribution in [1.82, 2.24) is 5.32 Å². The molecule has 2 aromatic rings. The Balaban J connectivity index is 2.01. The van der Waals surface area contributed by atoms with E-state index in [1.54, 1.807) is 24.3 Å². The highest BCUT2D eigenvalue weighted by Gasteiger charge is 2.03. The van der Waals surface area contributed by atoms with E-state index in [1.165, 1.54) is 0 Å². The summed E-state index contributed by atoms with van der Waals surface area (Å²) in [5.74, 6) is 0.514. The number of thiol groups is 1. The van der Waals surface area contributed by atoms with Gasteiger partial charge in [0.25, 0.3) is 5.91 Å². The molecular weight excluding hydrogens is 270 g/mol. The molecule has 0 bridgehead atoms. The quantitative estimate of drug-likeness (QED) is 0.638. The van der Waals surface area contributed by atoms with Crippen LogP contribution in [0, 0.1) is 0 Å². The largest absolute Gasteiger partial charge is 0.351 e. The number of carbonyl (C=O) groups excluding carboxylic acids is 1. The van der Waals surface area contributed by atoms with Gasteiger partial charge in [0.15, 0.2) is 0 Å². The molecule has 0 fully saturated rings. The van der Waals surface area contributed by atoms with Crippen molar-refractivity contribution in [3.8, 4) is 0 Å². The van der Waals surface area contributed by atoms with Gasteiger partial charge in [-0.05, 0) is 36.4 Å². The molecule has 0 aliphatic heterocycles. The van der Waals surface area contributed by atoms with Crippen molar-refractivity contribution in [2.75, 3.05) is 12.3 Å². The molecule has 0 saturated carbocycles. The van der Waals surface area contributed by atoms with Crippen LogP contribution in [0.3, 0.4) is 0 Å². The maximum absolute atomic E-state index is 11.7. The number of hydrogen-bond donors (Lipinski definition) is 2. The predicted octanol–water partition coefficient (Wildman–Crippen LogP) is 3.76. The van der Waals surface area contributed by atoms with Gasteiger partial charge in [-0.25, -0.2) is 0 Å². The molecule has 1 N–H and O–H groups in total. The Morgan fingerprint density at radius 1 is 0.950 bits per heavy atom. The molecule has 0 aliphatic rings. The minimum Gasteiger partial charge on any atom is -0.351 e. The summed E-state index contributed by atoms with van der Waals surface area (Å²) in [5, 5.41) is 11.0. The van der Waals surface area contributed by atoms with Crippen molar-refractivity contribution in [1.29, 1.82) is 0 Å². The molecule has 0 aliphatic carbocycles. The second-order valence-electron chi connectivity index (χ2n) is 4.06. The lowest BCUT2D eigenvalue weighted by atomic mass is 10.2. The predicted molar refractivity (Wildman–Crippen MR) is 83.2 cm³/mol. The van der Waals surface area contributed by atoms with E-state index in [-0.39, 0.29) is 5.91 Å². The first-order valence-corrected chi connectivity index (χ1v) is 6.89. The number of nitrogens with zero attached hydrogens (tertiary/aromatic N) is 2. The number of benzene rings is 2. The summed E-state index contributed by atoms with van der Waals surface area (Å²) in [7, 11) is 0. The molecule has 2 rings (SSSR count). The fourth-order valence-electron chi connectivity index (χ4n) is 1.56. The van der Waals surface area contributed by atoms with Crippen molar-refractivity contribution in [2.45, 2.75) is 0 Å². The number of azo groups is 1. The standard InChI is InChI=1S/C15H15N3OS/c19-15(16-10-11-20)12-6-8-14(9-7-12)18-17-13-4-2-1-3-5-13/h1-9,20H,10-11H2,(H,16,19)/b18-17-. The highest BCUT2D eigenvalue weighted by Crippen LogP contribution is 2.18. The highest BCUT2D eigenvalue weighted by atomic mass is 32.1. The van der Waals surface area contributed by atoms with Crippen LogP contribution >= 0.6 is 12.6 Å². The van der Waals surface area contributed by atoms with Gasteiger partial charge in [-0.3, -0.25) is 4.79 Å². The average Bonchev–Trinajstić information content (AvgIpc) is 2.52. The number of carbonyl (C=O) groups is 1. The zero-order valence-corrected chi connectivity index (χ0v) is 11.8. The molecule has 20 heavy (non-hydrogen) atoms. The van der Waals surface area contributed by atoms with E-state index in [2.05, 4.69) is 28.2 Å². The van der Waals surface area contributed by atoms with Gasteiger partial charge < -0.3 is 5.32 Å². The smallest absolute Gasteiger partial charge is 0.251 e. The number of hydrogen-bond acceptors (Lipinski definition) is 4. The first-order chi connectivity index (χ1) is 9.79. The van der Waals surface area contributed by atoms with E-state index in [0.29, 0.717) is 23.5 Å². The Labute approximate surface area is 123 Å². The van der Waals surface area contributed by atoms with E-state index in [0.717, 1.165) is 5.69 Å². The molecule has 0 atom stereocenters. The maximum Gasteiger partial charge on any atom is 0.251 e. The lowest BCUT2D eigenvalue weighted by molar-refractivity contribution is 0.0956. The van der Waals surface area contributed by atoms with Gasteiger partial charge in [0, 0.05) is 17.9 Å². The lowest BCUT2D eigenvalue weighted by Gasteiger charge is -2.02. The fourth-order valence-corrected chi connectivity index (χ4v) is 1.67. The van der Waals surface area contributed by atoms with Crippen LogP contribution in [0.5, 0.6) is 0 Å². The van der Waals surface area contributed by atoms with Crippen LogP contribution in [0.4, 0.5) is 11.4 Å². The Morgan fingerprint density at radius 3 is 2.15 bits per heavy atom. The Bertz CT molecular complexity index is 582. The lowest BCUT2D eigenvalue weighted by Crippen LogP contribution is -2.25. The molecular formula is C15H15N3OS. The summed E-state index contributed by atoms with van der Waals surface area (Å²) < 4.78 is 0. The first kappa shape index (κ1) is 14.3. The van der Waals surface area contributed by atoms with Gasteiger partial charge in [0.05, 0.1) is 11.4 Å². The number of rotatable bonds is 5. The zero-order chi connectivity index (χ0) is 14.2. The first-order valence-electron chi connectivity index (χ1n) is 6.25. The van der Waals surface area contributed by atoms with Crippen LogP contribution in [-0.2, 0) is 0 Å². The highest BCUT2D eigenvalue weighted by molar-refractivity contribution is 7.80. The number of nitrogens with one attached hydrogen (secondary N) is 1. The third-order valence-corrected chi connectivity index (χ3v) is 2.79. The molecule has 0 heterocycles.